The maximum Gasteiger partial charge on any atom is 0.315 e. The number of nitrogen functional groups attached to an aromatic ring is 1. The van der Waals surface area contributed by atoms with E-state index in [4.69, 9.17) is 5.73 Å². The molecule has 0 atom stereocenters. The highest BCUT2D eigenvalue weighted by atomic mass is 16.6. The molecule has 1 aromatic rings. The van der Waals surface area contributed by atoms with Crippen LogP contribution in [0.1, 0.15) is 0 Å². The molecule has 0 spiro atoms. The molecule has 1 aromatic carbocycles. The SMILES string of the molecule is CNC1CN(c2cccc(N)c2[N+](=O)[O-])C1. The van der Waals surface area contributed by atoms with Gasteiger partial charge in [0.05, 0.1) is 4.92 Å². The van der Waals surface area contributed by atoms with Crippen LogP contribution in [-0.2, 0) is 0 Å². The van der Waals surface area contributed by atoms with Crippen LogP contribution in [0.5, 0.6) is 0 Å². The molecule has 2 rings (SSSR count). The zero-order chi connectivity index (χ0) is 11.7. The summed E-state index contributed by atoms with van der Waals surface area (Å²) in [6.07, 6.45) is 0. The molecule has 1 saturated heterocycles. The summed E-state index contributed by atoms with van der Waals surface area (Å²) in [6.45, 7) is 1.56. The Morgan fingerprint density at radius 3 is 2.81 bits per heavy atom. The first-order valence-corrected chi connectivity index (χ1v) is 5.08. The van der Waals surface area contributed by atoms with Crippen molar-refractivity contribution in [2.45, 2.75) is 6.04 Å². The van der Waals surface area contributed by atoms with Crippen molar-refractivity contribution in [3.63, 3.8) is 0 Å². The summed E-state index contributed by atoms with van der Waals surface area (Å²) in [4.78, 5) is 12.5. The van der Waals surface area contributed by atoms with Gasteiger partial charge < -0.3 is 16.0 Å². The first kappa shape index (κ1) is 10.7. The van der Waals surface area contributed by atoms with Crippen LogP contribution in [0.15, 0.2) is 18.2 Å². The average molecular weight is 222 g/mol. The first-order valence-electron chi connectivity index (χ1n) is 5.08. The predicted octanol–water partition coefficient (Wildman–Crippen LogP) is 0.585. The van der Waals surface area contributed by atoms with Crippen molar-refractivity contribution in [1.82, 2.24) is 5.32 Å². The summed E-state index contributed by atoms with van der Waals surface area (Å²) < 4.78 is 0. The molecule has 1 heterocycles. The summed E-state index contributed by atoms with van der Waals surface area (Å²) in [5.74, 6) is 0. The number of benzene rings is 1. The van der Waals surface area contributed by atoms with Crippen molar-refractivity contribution in [2.24, 2.45) is 0 Å². The standard InChI is InChI=1S/C10H14N4O2/c1-12-7-5-13(6-7)9-4-2-3-8(11)10(9)14(15)16/h2-4,7,12H,5-6,11H2,1H3. The number of nitro groups is 1. The molecule has 0 aromatic heterocycles. The van der Waals surface area contributed by atoms with Crippen LogP contribution < -0.4 is 16.0 Å². The second kappa shape index (κ2) is 3.97. The van der Waals surface area contributed by atoms with Crippen LogP contribution in [0.25, 0.3) is 0 Å². The average Bonchev–Trinajstić information content (AvgIpc) is 2.15. The molecule has 0 saturated carbocycles. The third kappa shape index (κ3) is 1.67. The maximum atomic E-state index is 10.9. The van der Waals surface area contributed by atoms with Gasteiger partial charge in [-0.05, 0) is 19.2 Å². The van der Waals surface area contributed by atoms with E-state index in [2.05, 4.69) is 5.32 Å². The number of para-hydroxylation sites is 1. The summed E-state index contributed by atoms with van der Waals surface area (Å²) in [5.41, 5.74) is 6.46. The van der Waals surface area contributed by atoms with Crippen LogP contribution in [0.3, 0.4) is 0 Å². The van der Waals surface area contributed by atoms with Crippen molar-refractivity contribution in [3.8, 4) is 0 Å². The number of rotatable bonds is 3. The van der Waals surface area contributed by atoms with E-state index in [1.807, 2.05) is 11.9 Å². The molecule has 0 unspecified atom stereocenters. The van der Waals surface area contributed by atoms with E-state index >= 15 is 0 Å². The van der Waals surface area contributed by atoms with Crippen LogP contribution in [0, 0.1) is 10.1 Å². The van der Waals surface area contributed by atoms with Gasteiger partial charge in [-0.1, -0.05) is 6.07 Å². The van der Waals surface area contributed by atoms with Crippen LogP contribution >= 0.6 is 0 Å². The highest BCUT2D eigenvalue weighted by Gasteiger charge is 2.31. The summed E-state index contributed by atoms with van der Waals surface area (Å²) in [6, 6.07) is 5.43. The molecule has 1 aliphatic rings. The van der Waals surface area contributed by atoms with Gasteiger partial charge in [0.2, 0.25) is 0 Å². The van der Waals surface area contributed by atoms with E-state index in [0.29, 0.717) is 11.7 Å². The molecule has 0 aliphatic carbocycles. The minimum atomic E-state index is -0.419. The van der Waals surface area contributed by atoms with Gasteiger partial charge in [-0.3, -0.25) is 10.1 Å². The lowest BCUT2D eigenvalue weighted by Crippen LogP contribution is -2.57. The Labute approximate surface area is 93.2 Å². The summed E-state index contributed by atoms with van der Waals surface area (Å²) in [5, 5.41) is 14.0. The molecule has 16 heavy (non-hydrogen) atoms. The number of nitrogens with two attached hydrogens (primary N) is 1. The van der Waals surface area contributed by atoms with Crippen molar-refractivity contribution in [3.05, 3.63) is 28.3 Å². The van der Waals surface area contributed by atoms with Crippen molar-refractivity contribution in [2.75, 3.05) is 30.8 Å². The Morgan fingerprint density at radius 1 is 1.56 bits per heavy atom. The topological polar surface area (TPSA) is 84.4 Å². The van der Waals surface area contributed by atoms with E-state index in [-0.39, 0.29) is 11.4 Å². The molecule has 1 aliphatic heterocycles. The van der Waals surface area contributed by atoms with Crippen molar-refractivity contribution >= 4 is 17.1 Å². The fourth-order valence-corrected chi connectivity index (χ4v) is 1.86. The molecule has 0 amide bonds. The normalized spacial score (nSPS) is 15.9. The van der Waals surface area contributed by atoms with Gasteiger partial charge in [-0.25, -0.2) is 0 Å². The fourth-order valence-electron chi connectivity index (χ4n) is 1.86. The van der Waals surface area contributed by atoms with Crippen molar-refractivity contribution < 1.29 is 4.92 Å². The number of nitrogens with zero attached hydrogens (tertiary/aromatic N) is 2. The van der Waals surface area contributed by atoms with Crippen LogP contribution in [0.2, 0.25) is 0 Å². The molecule has 6 heteroatoms. The quantitative estimate of drug-likeness (QED) is 0.444. The lowest BCUT2D eigenvalue weighted by atomic mass is 10.1. The van der Waals surface area contributed by atoms with Gasteiger partial charge >= 0.3 is 5.69 Å². The van der Waals surface area contributed by atoms with E-state index < -0.39 is 4.92 Å². The Bertz CT molecular complexity index is 415. The monoisotopic (exact) mass is 222 g/mol. The molecule has 1 fully saturated rings. The Kier molecular flexibility index (Phi) is 2.66. The highest BCUT2D eigenvalue weighted by Crippen LogP contribution is 2.35. The molecule has 0 radical (unpaired) electrons. The minimum absolute atomic E-state index is 0.0112. The highest BCUT2D eigenvalue weighted by molar-refractivity contribution is 5.76. The zero-order valence-electron chi connectivity index (χ0n) is 9.01. The lowest BCUT2D eigenvalue weighted by molar-refractivity contribution is -0.383. The Balaban J connectivity index is 2.28. The minimum Gasteiger partial charge on any atom is -0.393 e. The largest absolute Gasteiger partial charge is 0.393 e. The first-order chi connectivity index (χ1) is 7.63. The maximum absolute atomic E-state index is 10.9. The van der Waals surface area contributed by atoms with Crippen LogP contribution in [0.4, 0.5) is 17.1 Å². The Morgan fingerprint density at radius 2 is 2.25 bits per heavy atom. The number of hydrogen-bond donors (Lipinski definition) is 2. The van der Waals surface area contributed by atoms with Gasteiger partial charge in [0.25, 0.3) is 0 Å². The van der Waals surface area contributed by atoms with Gasteiger partial charge in [0.15, 0.2) is 0 Å². The van der Waals surface area contributed by atoms with Crippen molar-refractivity contribution in [1.29, 1.82) is 0 Å². The fraction of sp³-hybridized carbons (Fsp3) is 0.400. The molecule has 86 valence electrons. The number of hydrogen-bond acceptors (Lipinski definition) is 5. The third-order valence-electron chi connectivity index (χ3n) is 2.86. The van der Waals surface area contributed by atoms with Gasteiger partial charge in [0.1, 0.15) is 11.4 Å². The van der Waals surface area contributed by atoms with Crippen LogP contribution in [-0.4, -0.2) is 31.1 Å². The van der Waals surface area contributed by atoms with Gasteiger partial charge in [0, 0.05) is 19.1 Å². The Hall–Kier alpha value is -1.82. The summed E-state index contributed by atoms with van der Waals surface area (Å²) >= 11 is 0. The second-order valence-electron chi connectivity index (χ2n) is 3.86. The van der Waals surface area contributed by atoms with E-state index in [1.54, 1.807) is 18.2 Å². The van der Waals surface area contributed by atoms with Gasteiger partial charge in [-0.2, -0.15) is 0 Å². The predicted molar refractivity (Wildman–Crippen MR) is 62.6 cm³/mol. The number of anilines is 2. The van der Waals surface area contributed by atoms with E-state index in [1.165, 1.54) is 0 Å². The second-order valence-corrected chi connectivity index (χ2v) is 3.86. The van der Waals surface area contributed by atoms with E-state index in [9.17, 15) is 10.1 Å². The lowest BCUT2D eigenvalue weighted by Gasteiger charge is -2.40. The molecule has 6 nitrogen and oxygen atoms in total. The molecular weight excluding hydrogens is 208 g/mol. The zero-order valence-corrected chi connectivity index (χ0v) is 9.01. The number of nitrogens with one attached hydrogen (secondary N) is 1. The molecule has 0 bridgehead atoms. The smallest absolute Gasteiger partial charge is 0.315 e. The van der Waals surface area contributed by atoms with E-state index in [0.717, 1.165) is 13.1 Å². The van der Waals surface area contributed by atoms with Gasteiger partial charge in [-0.15, -0.1) is 0 Å². The summed E-state index contributed by atoms with van der Waals surface area (Å²) in [7, 11) is 1.88. The third-order valence-corrected chi connectivity index (χ3v) is 2.86. The molecule has 3 N–H and O–H groups in total. The number of nitro benzene ring substituents is 1. The molecular formula is C10H14N4O2. The number of likely N-dealkylation sites (N-methyl/N-ethyl adjacent to an activating group) is 1.